The maximum absolute atomic E-state index is 12.6. The quantitative estimate of drug-likeness (QED) is 0.465. The van der Waals surface area contributed by atoms with E-state index in [0.717, 1.165) is 12.1 Å². The van der Waals surface area contributed by atoms with Gasteiger partial charge < -0.3 is 10.6 Å². The number of halogens is 6. The maximum Gasteiger partial charge on any atom is 0.446 e. The monoisotopic (exact) mass is 448 g/mol. The lowest BCUT2D eigenvalue weighted by atomic mass is 10.0. The first-order valence-electron chi connectivity index (χ1n) is 9.13. The van der Waals surface area contributed by atoms with Crippen molar-refractivity contribution in [1.29, 1.82) is 0 Å². The van der Waals surface area contributed by atoms with E-state index in [4.69, 9.17) is 4.79 Å². The number of carbonyl (C=O) groups excluding carboxylic acids is 2. The van der Waals surface area contributed by atoms with Crippen LogP contribution in [-0.4, -0.2) is 31.0 Å². The Bertz CT molecular complexity index is 819. The number of anilines is 1. The van der Waals surface area contributed by atoms with Crippen molar-refractivity contribution in [3.8, 4) is 0 Å². The lowest BCUT2D eigenvalue weighted by Gasteiger charge is -2.24. The molecule has 1 atom stereocenters. The summed E-state index contributed by atoms with van der Waals surface area (Å²) in [5.74, 6) is -0.00108. The van der Waals surface area contributed by atoms with E-state index in [9.17, 15) is 31.1 Å². The predicted molar refractivity (Wildman–Crippen MR) is 105 cm³/mol. The SMILES string of the molecule is CC(C)[C@H](CNC(=O)c1ccccc1)Nc1ccc(C(F)(F)F)cc1.O=CC(F)(F)F. The lowest BCUT2D eigenvalue weighted by Crippen LogP contribution is -2.39. The van der Waals surface area contributed by atoms with Crippen LogP contribution in [0.1, 0.15) is 29.8 Å². The van der Waals surface area contributed by atoms with Gasteiger partial charge in [-0.15, -0.1) is 0 Å². The highest BCUT2D eigenvalue weighted by atomic mass is 19.4. The molecule has 2 rings (SSSR count). The number of benzene rings is 2. The summed E-state index contributed by atoms with van der Waals surface area (Å²) in [6.45, 7) is 4.33. The van der Waals surface area contributed by atoms with E-state index in [2.05, 4.69) is 10.6 Å². The Balaban J connectivity index is 0.000000703. The van der Waals surface area contributed by atoms with Gasteiger partial charge in [-0.2, -0.15) is 26.3 Å². The van der Waals surface area contributed by atoms with Crippen LogP contribution in [0.2, 0.25) is 0 Å². The lowest BCUT2D eigenvalue weighted by molar-refractivity contribution is -0.156. The second kappa shape index (κ2) is 11.4. The molecule has 0 aliphatic rings. The Hall–Kier alpha value is -3.04. The van der Waals surface area contributed by atoms with Gasteiger partial charge in [-0.25, -0.2) is 0 Å². The molecule has 2 N–H and O–H groups in total. The second-order valence-electron chi connectivity index (χ2n) is 6.81. The van der Waals surface area contributed by atoms with E-state index in [1.165, 1.54) is 12.1 Å². The van der Waals surface area contributed by atoms with Crippen LogP contribution in [-0.2, 0) is 11.0 Å². The predicted octanol–water partition coefficient (Wildman–Crippen LogP) is 5.32. The second-order valence-corrected chi connectivity index (χ2v) is 6.81. The molecule has 0 aromatic heterocycles. The summed E-state index contributed by atoms with van der Waals surface area (Å²) < 4.78 is 69.1. The Morgan fingerprint density at radius 1 is 0.935 bits per heavy atom. The first kappa shape index (κ1) is 26.0. The van der Waals surface area contributed by atoms with Crippen LogP contribution in [0.15, 0.2) is 54.6 Å². The van der Waals surface area contributed by atoms with Gasteiger partial charge in [-0.1, -0.05) is 32.0 Å². The molecule has 10 heteroatoms. The zero-order valence-corrected chi connectivity index (χ0v) is 16.7. The molecule has 0 radical (unpaired) electrons. The number of hydrogen-bond acceptors (Lipinski definition) is 3. The first-order valence-corrected chi connectivity index (χ1v) is 9.13. The Kier molecular flexibility index (Phi) is 9.54. The van der Waals surface area contributed by atoms with Crippen molar-refractivity contribution in [2.75, 3.05) is 11.9 Å². The summed E-state index contributed by atoms with van der Waals surface area (Å²) in [7, 11) is 0. The van der Waals surface area contributed by atoms with Gasteiger partial charge in [0.1, 0.15) is 0 Å². The van der Waals surface area contributed by atoms with E-state index in [1.807, 2.05) is 19.9 Å². The molecular weight excluding hydrogens is 426 g/mol. The van der Waals surface area contributed by atoms with Crippen molar-refractivity contribution >= 4 is 17.9 Å². The van der Waals surface area contributed by atoms with Crippen LogP contribution in [0.4, 0.5) is 32.0 Å². The van der Waals surface area contributed by atoms with Crippen molar-refractivity contribution < 1.29 is 35.9 Å². The minimum Gasteiger partial charge on any atom is -0.380 e. The van der Waals surface area contributed by atoms with Crippen LogP contribution in [0.3, 0.4) is 0 Å². The molecule has 0 aliphatic heterocycles. The zero-order chi connectivity index (χ0) is 23.7. The van der Waals surface area contributed by atoms with Gasteiger partial charge in [-0.3, -0.25) is 9.59 Å². The molecule has 2 aromatic rings. The van der Waals surface area contributed by atoms with Crippen LogP contribution >= 0.6 is 0 Å². The topological polar surface area (TPSA) is 58.2 Å². The molecule has 170 valence electrons. The number of nitrogens with one attached hydrogen (secondary N) is 2. The smallest absolute Gasteiger partial charge is 0.380 e. The highest BCUT2D eigenvalue weighted by Crippen LogP contribution is 2.30. The van der Waals surface area contributed by atoms with Gasteiger partial charge in [0, 0.05) is 23.8 Å². The van der Waals surface area contributed by atoms with Crippen molar-refractivity contribution in [2.45, 2.75) is 32.2 Å². The molecule has 0 unspecified atom stereocenters. The number of rotatable bonds is 6. The van der Waals surface area contributed by atoms with E-state index in [-0.39, 0.29) is 17.9 Å². The molecule has 4 nitrogen and oxygen atoms in total. The first-order chi connectivity index (χ1) is 14.3. The van der Waals surface area contributed by atoms with Gasteiger partial charge in [0.15, 0.2) is 0 Å². The van der Waals surface area contributed by atoms with Gasteiger partial charge in [0.25, 0.3) is 5.91 Å². The molecule has 31 heavy (non-hydrogen) atoms. The summed E-state index contributed by atoms with van der Waals surface area (Å²) in [6.07, 6.45) is -10.0. The van der Waals surface area contributed by atoms with Crippen molar-refractivity contribution in [1.82, 2.24) is 5.32 Å². The Morgan fingerprint density at radius 3 is 1.87 bits per heavy atom. The van der Waals surface area contributed by atoms with Crippen molar-refractivity contribution in [3.05, 3.63) is 65.7 Å². The summed E-state index contributed by atoms with van der Waals surface area (Å²) in [5.41, 5.74) is 0.469. The summed E-state index contributed by atoms with van der Waals surface area (Å²) in [6, 6.07) is 13.6. The molecule has 0 heterocycles. The molecular formula is C21H22F6N2O2. The van der Waals surface area contributed by atoms with Gasteiger partial charge in [0.05, 0.1) is 5.56 Å². The number of hydrogen-bond donors (Lipinski definition) is 2. The third-order valence-corrected chi connectivity index (χ3v) is 4.02. The van der Waals surface area contributed by atoms with E-state index >= 15 is 0 Å². The summed E-state index contributed by atoms with van der Waals surface area (Å²) >= 11 is 0. The molecule has 2 aromatic carbocycles. The van der Waals surface area contributed by atoms with Crippen molar-refractivity contribution in [3.63, 3.8) is 0 Å². The third kappa shape index (κ3) is 10.0. The minimum atomic E-state index is -4.64. The van der Waals surface area contributed by atoms with Crippen molar-refractivity contribution in [2.24, 2.45) is 5.92 Å². The zero-order valence-electron chi connectivity index (χ0n) is 16.7. The number of amides is 1. The molecule has 0 fully saturated rings. The summed E-state index contributed by atoms with van der Waals surface area (Å²) in [5, 5.41) is 6.04. The van der Waals surface area contributed by atoms with Gasteiger partial charge >= 0.3 is 12.4 Å². The average molecular weight is 448 g/mol. The number of alkyl halides is 6. The molecule has 0 spiro atoms. The maximum atomic E-state index is 12.6. The van der Waals surface area contributed by atoms with Crippen LogP contribution in [0.5, 0.6) is 0 Å². The third-order valence-electron chi connectivity index (χ3n) is 4.02. The average Bonchev–Trinajstić information content (AvgIpc) is 2.71. The van der Waals surface area contributed by atoms with Gasteiger partial charge in [-0.05, 0) is 42.3 Å². The number of aldehydes is 1. The summed E-state index contributed by atoms with van der Waals surface area (Å²) in [4.78, 5) is 20.8. The van der Waals surface area contributed by atoms with Crippen LogP contribution < -0.4 is 10.6 Å². The highest BCUT2D eigenvalue weighted by Gasteiger charge is 2.30. The highest BCUT2D eigenvalue weighted by molar-refractivity contribution is 5.94. The van der Waals surface area contributed by atoms with E-state index in [1.54, 1.807) is 24.3 Å². The number of carbonyl (C=O) groups is 2. The fraction of sp³-hybridized carbons (Fsp3) is 0.333. The Labute approximate surface area is 175 Å². The standard InChI is InChI=1S/C19H21F3N2O.C2HF3O/c1-13(2)17(12-23-18(25)14-6-4-3-5-7-14)24-16-10-8-15(9-11-16)19(20,21)22;3-2(4,5)1-6/h3-11,13,17,24H,12H2,1-2H3,(H,23,25);1H/t17-;/m0./s1. The molecule has 0 aliphatic carbocycles. The van der Waals surface area contributed by atoms with Crippen LogP contribution in [0.25, 0.3) is 0 Å². The fourth-order valence-corrected chi connectivity index (χ4v) is 2.32. The fourth-order valence-electron chi connectivity index (χ4n) is 2.32. The Morgan fingerprint density at radius 2 is 1.45 bits per heavy atom. The molecule has 0 saturated carbocycles. The minimum absolute atomic E-state index is 0.107. The van der Waals surface area contributed by atoms with E-state index < -0.39 is 24.2 Å². The van der Waals surface area contributed by atoms with E-state index in [0.29, 0.717) is 17.8 Å². The molecule has 0 bridgehead atoms. The molecule has 1 amide bonds. The molecule has 0 saturated heterocycles. The normalized spacial score (nSPS) is 12.4. The van der Waals surface area contributed by atoms with Crippen LogP contribution in [0, 0.1) is 5.92 Å². The van der Waals surface area contributed by atoms with Gasteiger partial charge in [0.2, 0.25) is 6.29 Å². The largest absolute Gasteiger partial charge is 0.446 e.